The lowest BCUT2D eigenvalue weighted by Gasteiger charge is -1.90. The predicted molar refractivity (Wildman–Crippen MR) is 42.0 cm³/mol. The smallest absolute Gasteiger partial charge is 0.209 e. The summed E-state index contributed by atoms with van der Waals surface area (Å²) < 4.78 is 20.7. The second-order valence-corrected chi connectivity index (χ2v) is 3.77. The van der Waals surface area contributed by atoms with Crippen LogP contribution in [0.15, 0.2) is 12.2 Å². The lowest BCUT2D eigenvalue weighted by atomic mass is 10.4. The monoisotopic (exact) mass is 163 g/mol. The number of hydrogen-bond acceptors (Lipinski definition) is 2. The molecule has 0 radical (unpaired) electrons. The Morgan fingerprint density at radius 2 is 2.00 bits per heavy atom. The highest BCUT2D eigenvalue weighted by molar-refractivity contribution is 7.89. The van der Waals surface area contributed by atoms with Gasteiger partial charge in [-0.05, 0) is 12.8 Å². The molecule has 0 aliphatic carbocycles. The molecule has 0 saturated carbocycles. The molecule has 4 heteroatoms. The van der Waals surface area contributed by atoms with Crippen molar-refractivity contribution in [3.63, 3.8) is 0 Å². The van der Waals surface area contributed by atoms with Gasteiger partial charge in [0.05, 0.1) is 5.75 Å². The fourth-order valence-corrected chi connectivity index (χ4v) is 0.981. The third kappa shape index (κ3) is 7.65. The second-order valence-electron chi connectivity index (χ2n) is 2.04. The Balaban J connectivity index is 3.48. The molecule has 10 heavy (non-hydrogen) atoms. The van der Waals surface area contributed by atoms with Crippen molar-refractivity contribution < 1.29 is 8.42 Å². The molecular formula is C6H13NO2S. The third-order valence-electron chi connectivity index (χ3n) is 0.971. The summed E-state index contributed by atoms with van der Waals surface area (Å²) in [5.74, 6) is 0.0451. The summed E-state index contributed by atoms with van der Waals surface area (Å²) in [5.41, 5.74) is 0. The Bertz CT molecular complexity index is 194. The van der Waals surface area contributed by atoms with Crippen molar-refractivity contribution in [2.45, 2.75) is 19.8 Å². The molecule has 2 N–H and O–H groups in total. The molecule has 0 heterocycles. The van der Waals surface area contributed by atoms with Crippen LogP contribution < -0.4 is 5.14 Å². The van der Waals surface area contributed by atoms with E-state index in [0.717, 1.165) is 6.42 Å². The molecule has 0 bridgehead atoms. The van der Waals surface area contributed by atoms with Gasteiger partial charge in [-0.1, -0.05) is 19.1 Å². The molecule has 0 aromatic rings. The number of hydrogen-bond donors (Lipinski definition) is 1. The maximum atomic E-state index is 10.3. The van der Waals surface area contributed by atoms with Gasteiger partial charge in [-0.2, -0.15) is 0 Å². The Morgan fingerprint density at radius 3 is 2.40 bits per heavy atom. The van der Waals surface area contributed by atoms with Gasteiger partial charge in [0, 0.05) is 0 Å². The van der Waals surface area contributed by atoms with Gasteiger partial charge in [0.25, 0.3) is 0 Å². The molecule has 60 valence electrons. The molecule has 0 amide bonds. The van der Waals surface area contributed by atoms with Crippen molar-refractivity contribution >= 4 is 10.0 Å². The minimum atomic E-state index is -3.26. The average molecular weight is 163 g/mol. The molecule has 0 fully saturated rings. The standard InChI is InChI=1S/C6H13NO2S/c1-2-3-4-5-6-10(7,8)9/h3-4H,2,5-6H2,1H3,(H2,7,8,9). The van der Waals surface area contributed by atoms with Crippen LogP contribution in [0, 0.1) is 0 Å². The van der Waals surface area contributed by atoms with Gasteiger partial charge >= 0.3 is 0 Å². The van der Waals surface area contributed by atoms with Crippen LogP contribution in [-0.2, 0) is 10.0 Å². The summed E-state index contributed by atoms with van der Waals surface area (Å²) in [5, 5.41) is 4.76. The topological polar surface area (TPSA) is 60.2 Å². The number of sulfonamides is 1. The molecule has 0 rings (SSSR count). The number of allylic oxidation sites excluding steroid dienone is 2. The summed E-state index contributed by atoms with van der Waals surface area (Å²) in [7, 11) is -3.26. The Morgan fingerprint density at radius 1 is 1.40 bits per heavy atom. The van der Waals surface area contributed by atoms with Gasteiger partial charge in [-0.15, -0.1) is 0 Å². The van der Waals surface area contributed by atoms with Crippen LogP contribution in [0.25, 0.3) is 0 Å². The quantitative estimate of drug-likeness (QED) is 0.618. The molecular weight excluding hydrogens is 150 g/mol. The molecule has 3 nitrogen and oxygen atoms in total. The van der Waals surface area contributed by atoms with Gasteiger partial charge < -0.3 is 0 Å². The van der Waals surface area contributed by atoms with Crippen LogP contribution in [0.4, 0.5) is 0 Å². The van der Waals surface area contributed by atoms with E-state index in [1.54, 1.807) is 0 Å². The maximum Gasteiger partial charge on any atom is 0.209 e. The van der Waals surface area contributed by atoms with Crippen molar-refractivity contribution in [1.29, 1.82) is 0 Å². The number of primary sulfonamides is 1. The minimum absolute atomic E-state index is 0.0451. The molecule has 0 atom stereocenters. The van der Waals surface area contributed by atoms with Gasteiger partial charge in [-0.3, -0.25) is 0 Å². The summed E-state index contributed by atoms with van der Waals surface area (Å²) >= 11 is 0. The average Bonchev–Trinajstić information content (AvgIpc) is 1.78. The highest BCUT2D eigenvalue weighted by Crippen LogP contribution is 1.88. The maximum absolute atomic E-state index is 10.3. The largest absolute Gasteiger partial charge is 0.229 e. The molecule has 0 unspecified atom stereocenters. The second kappa shape index (κ2) is 4.46. The first-order chi connectivity index (χ1) is 4.56. The summed E-state index contributed by atoms with van der Waals surface area (Å²) in [4.78, 5) is 0. The van der Waals surface area contributed by atoms with E-state index < -0.39 is 10.0 Å². The lowest BCUT2D eigenvalue weighted by Crippen LogP contribution is -2.15. The summed E-state index contributed by atoms with van der Waals surface area (Å²) in [6, 6.07) is 0. The van der Waals surface area contributed by atoms with E-state index in [-0.39, 0.29) is 5.75 Å². The minimum Gasteiger partial charge on any atom is -0.229 e. The van der Waals surface area contributed by atoms with E-state index in [0.29, 0.717) is 6.42 Å². The number of rotatable bonds is 4. The first-order valence-electron chi connectivity index (χ1n) is 3.21. The zero-order chi connectivity index (χ0) is 8.04. The zero-order valence-electron chi connectivity index (χ0n) is 6.08. The fourth-order valence-electron chi connectivity index (χ4n) is 0.517. The van der Waals surface area contributed by atoms with Crippen molar-refractivity contribution in [2.24, 2.45) is 5.14 Å². The Hall–Kier alpha value is -0.350. The van der Waals surface area contributed by atoms with Crippen LogP contribution in [0.1, 0.15) is 19.8 Å². The highest BCUT2D eigenvalue weighted by Gasteiger charge is 1.97. The van der Waals surface area contributed by atoms with Crippen molar-refractivity contribution in [3.05, 3.63) is 12.2 Å². The van der Waals surface area contributed by atoms with E-state index in [1.165, 1.54) is 0 Å². The van der Waals surface area contributed by atoms with Crippen LogP contribution in [-0.4, -0.2) is 14.2 Å². The molecule has 0 aliphatic heterocycles. The van der Waals surface area contributed by atoms with E-state index in [1.807, 2.05) is 19.1 Å². The van der Waals surface area contributed by atoms with Crippen molar-refractivity contribution in [2.75, 3.05) is 5.75 Å². The van der Waals surface area contributed by atoms with Crippen LogP contribution >= 0.6 is 0 Å². The molecule has 0 spiro atoms. The van der Waals surface area contributed by atoms with Gasteiger partial charge in [0.15, 0.2) is 0 Å². The Labute approximate surface area is 62.0 Å². The van der Waals surface area contributed by atoms with Crippen LogP contribution in [0.5, 0.6) is 0 Å². The SMILES string of the molecule is CCC=CCCS(N)(=O)=O. The predicted octanol–water partition coefficient (Wildman–Crippen LogP) is 0.631. The summed E-state index contributed by atoms with van der Waals surface area (Å²) in [6.45, 7) is 1.99. The normalized spacial score (nSPS) is 12.6. The molecule has 0 aromatic carbocycles. The molecule has 0 aromatic heterocycles. The van der Waals surface area contributed by atoms with E-state index in [2.05, 4.69) is 0 Å². The fraction of sp³-hybridized carbons (Fsp3) is 0.667. The van der Waals surface area contributed by atoms with Gasteiger partial charge in [0.1, 0.15) is 0 Å². The van der Waals surface area contributed by atoms with Crippen LogP contribution in [0.2, 0.25) is 0 Å². The highest BCUT2D eigenvalue weighted by atomic mass is 32.2. The first-order valence-corrected chi connectivity index (χ1v) is 4.93. The molecule has 0 aliphatic rings. The Kier molecular flexibility index (Phi) is 4.31. The number of nitrogens with two attached hydrogens (primary N) is 1. The third-order valence-corrected chi connectivity index (χ3v) is 1.78. The van der Waals surface area contributed by atoms with E-state index in [4.69, 9.17) is 5.14 Å². The lowest BCUT2D eigenvalue weighted by molar-refractivity contribution is 0.597. The van der Waals surface area contributed by atoms with Gasteiger partial charge in [0.2, 0.25) is 10.0 Å². The van der Waals surface area contributed by atoms with Gasteiger partial charge in [-0.25, -0.2) is 13.6 Å². The van der Waals surface area contributed by atoms with E-state index >= 15 is 0 Å². The van der Waals surface area contributed by atoms with Crippen molar-refractivity contribution in [3.8, 4) is 0 Å². The first kappa shape index (κ1) is 9.65. The molecule has 0 saturated heterocycles. The van der Waals surface area contributed by atoms with E-state index in [9.17, 15) is 8.42 Å². The van der Waals surface area contributed by atoms with Crippen LogP contribution in [0.3, 0.4) is 0 Å². The zero-order valence-corrected chi connectivity index (χ0v) is 6.89. The summed E-state index contributed by atoms with van der Waals surface area (Å²) in [6.07, 6.45) is 5.20. The van der Waals surface area contributed by atoms with Crippen molar-refractivity contribution in [1.82, 2.24) is 0 Å².